The standard InChI is InChI=1S/C17H17N3O2S/c1-11(13-10-12(21-2)8-9-15(13)22-3)19-20-17-18-14-6-4-5-7-16(14)23-17/h4-10H,1-3H3,(H,18,20)/b19-11-. The van der Waals surface area contributed by atoms with Crippen molar-refractivity contribution in [3.05, 3.63) is 48.0 Å². The molecule has 6 heteroatoms. The molecule has 5 nitrogen and oxygen atoms in total. The normalized spacial score (nSPS) is 11.5. The van der Waals surface area contributed by atoms with Crippen LogP contribution in [0.4, 0.5) is 5.13 Å². The van der Waals surface area contributed by atoms with E-state index in [1.165, 1.54) is 0 Å². The molecule has 1 aromatic heterocycles. The minimum Gasteiger partial charge on any atom is -0.497 e. The summed E-state index contributed by atoms with van der Waals surface area (Å²) in [6, 6.07) is 13.6. The van der Waals surface area contributed by atoms with Crippen LogP contribution in [0.1, 0.15) is 12.5 Å². The lowest BCUT2D eigenvalue weighted by Crippen LogP contribution is -2.03. The van der Waals surface area contributed by atoms with Crippen LogP contribution in [0.15, 0.2) is 47.6 Å². The van der Waals surface area contributed by atoms with Crippen molar-refractivity contribution in [2.75, 3.05) is 19.6 Å². The number of hydrogen-bond donors (Lipinski definition) is 1. The number of hydrazone groups is 1. The molecule has 0 spiro atoms. The minimum absolute atomic E-state index is 0.748. The number of methoxy groups -OCH3 is 2. The van der Waals surface area contributed by atoms with Crippen molar-refractivity contribution in [3.8, 4) is 11.5 Å². The van der Waals surface area contributed by atoms with Crippen LogP contribution < -0.4 is 14.9 Å². The number of thiazole rings is 1. The van der Waals surface area contributed by atoms with E-state index in [1.54, 1.807) is 25.6 Å². The number of para-hydroxylation sites is 1. The highest BCUT2D eigenvalue weighted by Crippen LogP contribution is 2.27. The molecule has 118 valence electrons. The van der Waals surface area contributed by atoms with Crippen molar-refractivity contribution in [2.45, 2.75) is 6.92 Å². The first-order valence-corrected chi connectivity index (χ1v) is 7.91. The van der Waals surface area contributed by atoms with Crippen molar-refractivity contribution < 1.29 is 9.47 Å². The van der Waals surface area contributed by atoms with Gasteiger partial charge in [0, 0.05) is 5.56 Å². The Morgan fingerprint density at radius 3 is 2.70 bits per heavy atom. The Morgan fingerprint density at radius 1 is 1.13 bits per heavy atom. The Labute approximate surface area is 138 Å². The molecule has 0 atom stereocenters. The van der Waals surface area contributed by atoms with E-state index in [-0.39, 0.29) is 0 Å². The molecule has 0 aliphatic rings. The molecule has 0 bridgehead atoms. The Hall–Kier alpha value is -2.60. The van der Waals surface area contributed by atoms with Gasteiger partial charge in [-0.05, 0) is 37.3 Å². The van der Waals surface area contributed by atoms with Gasteiger partial charge in [0.1, 0.15) is 11.5 Å². The first kappa shape index (κ1) is 15.3. The fraction of sp³-hybridized carbons (Fsp3) is 0.176. The average molecular weight is 327 g/mol. The number of anilines is 1. The van der Waals surface area contributed by atoms with Gasteiger partial charge in [-0.1, -0.05) is 23.5 Å². The number of nitrogens with one attached hydrogen (secondary N) is 1. The van der Waals surface area contributed by atoms with Gasteiger partial charge in [-0.25, -0.2) is 4.98 Å². The number of ether oxygens (including phenoxy) is 2. The highest BCUT2D eigenvalue weighted by Gasteiger charge is 2.09. The fourth-order valence-electron chi connectivity index (χ4n) is 2.21. The summed E-state index contributed by atoms with van der Waals surface area (Å²) in [5, 5.41) is 5.18. The van der Waals surface area contributed by atoms with E-state index in [1.807, 2.05) is 49.4 Å². The summed E-state index contributed by atoms with van der Waals surface area (Å²) in [6.45, 7) is 1.91. The van der Waals surface area contributed by atoms with Crippen LogP contribution in [0, 0.1) is 0 Å². The van der Waals surface area contributed by atoms with Gasteiger partial charge in [-0.15, -0.1) is 0 Å². The van der Waals surface area contributed by atoms with Crippen LogP contribution in [-0.4, -0.2) is 24.9 Å². The van der Waals surface area contributed by atoms with E-state index in [9.17, 15) is 0 Å². The van der Waals surface area contributed by atoms with Crippen LogP contribution in [0.25, 0.3) is 10.2 Å². The highest BCUT2D eigenvalue weighted by molar-refractivity contribution is 7.22. The van der Waals surface area contributed by atoms with Gasteiger partial charge in [0.05, 0.1) is 30.1 Å². The van der Waals surface area contributed by atoms with E-state index in [0.29, 0.717) is 0 Å². The second-order valence-corrected chi connectivity index (χ2v) is 5.89. The van der Waals surface area contributed by atoms with Gasteiger partial charge in [-0.2, -0.15) is 5.10 Å². The van der Waals surface area contributed by atoms with E-state index in [0.717, 1.165) is 38.1 Å². The van der Waals surface area contributed by atoms with Gasteiger partial charge in [-0.3, -0.25) is 5.43 Å². The van der Waals surface area contributed by atoms with Crippen molar-refractivity contribution in [3.63, 3.8) is 0 Å². The second kappa shape index (κ2) is 6.66. The number of fused-ring (bicyclic) bond motifs is 1. The summed E-state index contributed by atoms with van der Waals surface area (Å²) in [4.78, 5) is 4.50. The number of rotatable bonds is 5. The molecule has 0 fully saturated rings. The van der Waals surface area contributed by atoms with Crippen molar-refractivity contribution in [1.82, 2.24) is 4.98 Å². The molecular weight excluding hydrogens is 310 g/mol. The minimum atomic E-state index is 0.748. The zero-order valence-corrected chi connectivity index (χ0v) is 14.0. The van der Waals surface area contributed by atoms with Crippen LogP contribution in [0.3, 0.4) is 0 Å². The lowest BCUT2D eigenvalue weighted by molar-refractivity contribution is 0.402. The Bertz CT molecular complexity index is 825. The molecule has 0 aliphatic heterocycles. The van der Waals surface area contributed by atoms with Gasteiger partial charge in [0.15, 0.2) is 0 Å². The SMILES string of the molecule is COc1ccc(OC)c(/C(C)=N\Nc2nc3ccccc3s2)c1. The zero-order chi connectivity index (χ0) is 16.2. The summed E-state index contributed by atoms with van der Waals surface area (Å²) in [7, 11) is 3.27. The van der Waals surface area contributed by atoms with E-state index in [4.69, 9.17) is 9.47 Å². The van der Waals surface area contributed by atoms with Crippen LogP contribution in [-0.2, 0) is 0 Å². The van der Waals surface area contributed by atoms with Gasteiger partial charge >= 0.3 is 0 Å². The number of aromatic nitrogens is 1. The molecule has 0 amide bonds. The largest absolute Gasteiger partial charge is 0.497 e. The summed E-state index contributed by atoms with van der Waals surface area (Å²) in [5.74, 6) is 1.51. The third-order valence-electron chi connectivity index (χ3n) is 3.41. The molecule has 0 saturated carbocycles. The Morgan fingerprint density at radius 2 is 1.96 bits per heavy atom. The maximum absolute atomic E-state index is 5.39. The summed E-state index contributed by atoms with van der Waals surface area (Å²) in [6.07, 6.45) is 0. The monoisotopic (exact) mass is 327 g/mol. The molecule has 0 unspecified atom stereocenters. The third kappa shape index (κ3) is 3.27. The maximum Gasteiger partial charge on any atom is 0.204 e. The molecular formula is C17H17N3O2S. The quantitative estimate of drug-likeness (QED) is 0.565. The second-order valence-electron chi connectivity index (χ2n) is 4.86. The zero-order valence-electron chi connectivity index (χ0n) is 13.2. The van der Waals surface area contributed by atoms with Gasteiger partial charge < -0.3 is 9.47 Å². The molecule has 0 saturated heterocycles. The van der Waals surface area contributed by atoms with Crippen LogP contribution >= 0.6 is 11.3 Å². The van der Waals surface area contributed by atoms with Gasteiger partial charge in [0.2, 0.25) is 5.13 Å². The number of hydrogen-bond acceptors (Lipinski definition) is 6. The first-order valence-electron chi connectivity index (χ1n) is 7.09. The van der Waals surface area contributed by atoms with Crippen molar-refractivity contribution in [1.29, 1.82) is 0 Å². The Balaban J connectivity index is 1.87. The topological polar surface area (TPSA) is 55.7 Å². The van der Waals surface area contributed by atoms with E-state index < -0.39 is 0 Å². The molecule has 3 aromatic rings. The van der Waals surface area contributed by atoms with Crippen LogP contribution in [0.2, 0.25) is 0 Å². The van der Waals surface area contributed by atoms with E-state index in [2.05, 4.69) is 15.5 Å². The summed E-state index contributed by atoms with van der Waals surface area (Å²) >= 11 is 1.57. The fourth-order valence-corrected chi connectivity index (χ4v) is 3.02. The van der Waals surface area contributed by atoms with Gasteiger partial charge in [0.25, 0.3) is 0 Å². The molecule has 2 aromatic carbocycles. The summed E-state index contributed by atoms with van der Waals surface area (Å²) < 4.78 is 11.8. The highest BCUT2D eigenvalue weighted by atomic mass is 32.1. The van der Waals surface area contributed by atoms with E-state index >= 15 is 0 Å². The van der Waals surface area contributed by atoms with Crippen molar-refractivity contribution in [2.24, 2.45) is 5.10 Å². The first-order chi connectivity index (χ1) is 11.2. The summed E-state index contributed by atoms with van der Waals surface area (Å²) in [5.41, 5.74) is 5.65. The molecule has 1 N–H and O–H groups in total. The number of nitrogens with zero attached hydrogens (tertiary/aromatic N) is 2. The molecule has 0 radical (unpaired) electrons. The average Bonchev–Trinajstić information content (AvgIpc) is 3.02. The predicted molar refractivity (Wildman–Crippen MR) is 95.0 cm³/mol. The molecule has 3 rings (SSSR count). The number of benzene rings is 2. The predicted octanol–water partition coefficient (Wildman–Crippen LogP) is 4.15. The van der Waals surface area contributed by atoms with Crippen LogP contribution in [0.5, 0.6) is 11.5 Å². The lowest BCUT2D eigenvalue weighted by Gasteiger charge is -2.10. The lowest BCUT2D eigenvalue weighted by atomic mass is 10.1. The molecule has 23 heavy (non-hydrogen) atoms. The maximum atomic E-state index is 5.39. The molecule has 1 heterocycles. The van der Waals surface area contributed by atoms with Crippen molar-refractivity contribution >= 4 is 32.4 Å². The third-order valence-corrected chi connectivity index (χ3v) is 4.35. The molecule has 0 aliphatic carbocycles. The smallest absolute Gasteiger partial charge is 0.204 e. The Kier molecular flexibility index (Phi) is 4.43.